The van der Waals surface area contributed by atoms with Crippen LogP contribution < -0.4 is 9.62 Å². The highest BCUT2D eigenvalue weighted by Gasteiger charge is 2.22. The Kier molecular flexibility index (Phi) is 6.57. The fourth-order valence-corrected chi connectivity index (χ4v) is 4.52. The van der Waals surface area contributed by atoms with Gasteiger partial charge in [-0.2, -0.15) is 0 Å². The molecule has 7 heteroatoms. The van der Waals surface area contributed by atoms with Crippen molar-refractivity contribution in [2.75, 3.05) is 42.3 Å². The predicted molar refractivity (Wildman–Crippen MR) is 115 cm³/mol. The molecule has 1 fully saturated rings. The Bertz CT molecular complexity index is 874. The SMILES string of the molecule is CCCN1CCN(c2ncccc2NS(=O)(=O)c2ccc(C(C)C)cc2)CC1. The van der Waals surface area contributed by atoms with Gasteiger partial charge in [0.2, 0.25) is 0 Å². The number of hydrogen-bond acceptors (Lipinski definition) is 5. The van der Waals surface area contributed by atoms with Crippen LogP contribution in [0.4, 0.5) is 11.5 Å². The van der Waals surface area contributed by atoms with E-state index in [0.29, 0.717) is 17.4 Å². The normalized spacial score (nSPS) is 15.8. The van der Waals surface area contributed by atoms with Crippen LogP contribution >= 0.6 is 0 Å². The van der Waals surface area contributed by atoms with Crippen molar-refractivity contribution in [3.63, 3.8) is 0 Å². The lowest BCUT2D eigenvalue weighted by Crippen LogP contribution is -2.47. The first-order valence-electron chi connectivity index (χ1n) is 9.96. The number of nitrogens with one attached hydrogen (secondary N) is 1. The van der Waals surface area contributed by atoms with Gasteiger partial charge in [0.15, 0.2) is 5.82 Å². The summed E-state index contributed by atoms with van der Waals surface area (Å²) in [5.74, 6) is 1.06. The first-order chi connectivity index (χ1) is 13.4. The number of hydrogen-bond donors (Lipinski definition) is 1. The second kappa shape index (κ2) is 8.92. The van der Waals surface area contributed by atoms with Crippen LogP contribution in [-0.2, 0) is 10.0 Å². The Hall–Kier alpha value is -2.12. The summed E-state index contributed by atoms with van der Waals surface area (Å²) in [6.45, 7) is 11.1. The van der Waals surface area contributed by atoms with Crippen molar-refractivity contribution in [3.05, 3.63) is 48.2 Å². The highest BCUT2D eigenvalue weighted by atomic mass is 32.2. The van der Waals surface area contributed by atoms with Gasteiger partial charge in [-0.25, -0.2) is 13.4 Å². The van der Waals surface area contributed by atoms with E-state index in [2.05, 4.69) is 40.3 Å². The molecule has 1 aromatic carbocycles. The molecule has 1 aliphatic rings. The van der Waals surface area contributed by atoms with Crippen molar-refractivity contribution in [3.8, 4) is 0 Å². The largest absolute Gasteiger partial charge is 0.352 e. The highest BCUT2D eigenvalue weighted by Crippen LogP contribution is 2.27. The third kappa shape index (κ3) is 4.83. The fourth-order valence-electron chi connectivity index (χ4n) is 3.46. The Morgan fingerprint density at radius 1 is 1.07 bits per heavy atom. The van der Waals surface area contributed by atoms with Gasteiger partial charge >= 0.3 is 0 Å². The molecule has 152 valence electrons. The summed E-state index contributed by atoms with van der Waals surface area (Å²) in [4.78, 5) is 9.32. The van der Waals surface area contributed by atoms with E-state index in [1.807, 2.05) is 12.1 Å². The topological polar surface area (TPSA) is 65.5 Å². The van der Waals surface area contributed by atoms with E-state index < -0.39 is 10.0 Å². The van der Waals surface area contributed by atoms with Crippen LogP contribution in [0.15, 0.2) is 47.5 Å². The van der Waals surface area contributed by atoms with Crippen molar-refractivity contribution in [2.45, 2.75) is 38.0 Å². The van der Waals surface area contributed by atoms with Gasteiger partial charge in [0.25, 0.3) is 10.0 Å². The Morgan fingerprint density at radius 2 is 1.75 bits per heavy atom. The monoisotopic (exact) mass is 402 g/mol. The van der Waals surface area contributed by atoms with Crippen LogP contribution in [-0.4, -0.2) is 51.0 Å². The van der Waals surface area contributed by atoms with Crippen molar-refractivity contribution in [1.82, 2.24) is 9.88 Å². The van der Waals surface area contributed by atoms with Gasteiger partial charge < -0.3 is 4.90 Å². The third-order valence-corrected chi connectivity index (χ3v) is 6.48. The zero-order valence-electron chi connectivity index (χ0n) is 16.9. The van der Waals surface area contributed by atoms with E-state index in [9.17, 15) is 8.42 Å². The van der Waals surface area contributed by atoms with Crippen LogP contribution in [0.2, 0.25) is 0 Å². The van der Waals surface area contributed by atoms with Crippen LogP contribution in [0.3, 0.4) is 0 Å². The Labute approximate surface area is 168 Å². The zero-order valence-corrected chi connectivity index (χ0v) is 17.7. The van der Waals surface area contributed by atoms with Gasteiger partial charge in [0, 0.05) is 32.4 Å². The third-order valence-electron chi connectivity index (χ3n) is 5.10. The van der Waals surface area contributed by atoms with E-state index >= 15 is 0 Å². The van der Waals surface area contributed by atoms with E-state index in [1.54, 1.807) is 30.5 Å². The minimum absolute atomic E-state index is 0.263. The number of aromatic nitrogens is 1. The smallest absolute Gasteiger partial charge is 0.262 e. The number of rotatable bonds is 7. The molecule has 1 saturated heterocycles. The van der Waals surface area contributed by atoms with Crippen LogP contribution in [0.5, 0.6) is 0 Å². The molecule has 0 bridgehead atoms. The summed E-state index contributed by atoms with van der Waals surface area (Å²) in [5, 5.41) is 0. The molecular formula is C21H30N4O2S. The minimum Gasteiger partial charge on any atom is -0.352 e. The van der Waals surface area contributed by atoms with Crippen LogP contribution in [0.25, 0.3) is 0 Å². The molecule has 1 aromatic heterocycles. The van der Waals surface area contributed by atoms with Crippen molar-refractivity contribution in [2.24, 2.45) is 0 Å². The average Bonchev–Trinajstić information content (AvgIpc) is 2.69. The number of pyridine rings is 1. The molecule has 0 aliphatic carbocycles. The van der Waals surface area contributed by atoms with E-state index in [0.717, 1.165) is 44.7 Å². The molecular weight excluding hydrogens is 372 g/mol. The van der Waals surface area contributed by atoms with Gasteiger partial charge in [0.05, 0.1) is 10.6 Å². The Morgan fingerprint density at radius 3 is 2.36 bits per heavy atom. The highest BCUT2D eigenvalue weighted by molar-refractivity contribution is 7.92. The van der Waals surface area contributed by atoms with E-state index in [4.69, 9.17) is 0 Å². The summed E-state index contributed by atoms with van der Waals surface area (Å²) in [7, 11) is -3.66. The maximum Gasteiger partial charge on any atom is 0.262 e. The number of nitrogens with zero attached hydrogens (tertiary/aromatic N) is 3. The van der Waals surface area contributed by atoms with Crippen molar-refractivity contribution in [1.29, 1.82) is 0 Å². The van der Waals surface area contributed by atoms with Crippen molar-refractivity contribution >= 4 is 21.5 Å². The average molecular weight is 403 g/mol. The molecule has 2 heterocycles. The van der Waals surface area contributed by atoms with Gasteiger partial charge in [-0.15, -0.1) is 0 Å². The summed E-state index contributed by atoms with van der Waals surface area (Å²) in [5.41, 5.74) is 1.64. The molecule has 0 radical (unpaired) electrons. The Balaban J connectivity index is 1.77. The lowest BCUT2D eigenvalue weighted by atomic mass is 10.0. The van der Waals surface area contributed by atoms with Gasteiger partial charge in [0.1, 0.15) is 0 Å². The fraction of sp³-hybridized carbons (Fsp3) is 0.476. The number of benzene rings is 1. The van der Waals surface area contributed by atoms with E-state index in [-0.39, 0.29) is 4.90 Å². The van der Waals surface area contributed by atoms with Gasteiger partial charge in [-0.3, -0.25) is 9.62 Å². The molecule has 1 N–H and O–H groups in total. The number of anilines is 2. The molecule has 28 heavy (non-hydrogen) atoms. The molecule has 0 unspecified atom stereocenters. The number of piperazine rings is 1. The molecule has 0 spiro atoms. The van der Waals surface area contributed by atoms with E-state index in [1.165, 1.54) is 0 Å². The van der Waals surface area contributed by atoms with Crippen molar-refractivity contribution < 1.29 is 8.42 Å². The molecule has 3 rings (SSSR count). The van der Waals surface area contributed by atoms with Crippen LogP contribution in [0.1, 0.15) is 38.7 Å². The zero-order chi connectivity index (χ0) is 20.1. The first kappa shape index (κ1) is 20.6. The predicted octanol–water partition coefficient (Wildman–Crippen LogP) is 3.54. The lowest BCUT2D eigenvalue weighted by Gasteiger charge is -2.36. The maximum absolute atomic E-state index is 12.9. The summed E-state index contributed by atoms with van der Waals surface area (Å²) in [6, 6.07) is 10.6. The second-order valence-electron chi connectivity index (χ2n) is 7.53. The minimum atomic E-state index is -3.66. The quantitative estimate of drug-likeness (QED) is 0.767. The summed E-state index contributed by atoms with van der Waals surface area (Å²) < 4.78 is 28.5. The van der Waals surface area contributed by atoms with Gasteiger partial charge in [-0.1, -0.05) is 32.9 Å². The summed E-state index contributed by atoms with van der Waals surface area (Å²) in [6.07, 6.45) is 2.85. The second-order valence-corrected chi connectivity index (χ2v) is 9.21. The lowest BCUT2D eigenvalue weighted by molar-refractivity contribution is 0.258. The molecule has 0 saturated carbocycles. The summed E-state index contributed by atoms with van der Waals surface area (Å²) >= 11 is 0. The molecule has 6 nitrogen and oxygen atoms in total. The first-order valence-corrected chi connectivity index (χ1v) is 11.4. The molecule has 1 aliphatic heterocycles. The van der Waals surface area contributed by atoms with Crippen LogP contribution in [0, 0.1) is 0 Å². The van der Waals surface area contributed by atoms with Gasteiger partial charge in [-0.05, 0) is 48.7 Å². The molecule has 2 aromatic rings. The standard InChI is InChI=1S/C21H30N4O2S/c1-4-12-24-13-15-25(16-14-24)21-20(6-5-11-22-21)23-28(26,27)19-9-7-18(8-10-19)17(2)3/h5-11,17,23H,4,12-16H2,1-3H3. The molecule has 0 amide bonds. The molecule has 0 atom stereocenters. The maximum atomic E-state index is 12.9. The number of sulfonamides is 1.